The van der Waals surface area contributed by atoms with Gasteiger partial charge >= 0.3 is 0 Å². The fourth-order valence-electron chi connectivity index (χ4n) is 3.72. The predicted octanol–water partition coefficient (Wildman–Crippen LogP) is 2.45. The van der Waals surface area contributed by atoms with Crippen molar-refractivity contribution in [3.8, 4) is 0 Å². The lowest BCUT2D eigenvalue weighted by Gasteiger charge is -2.37. The maximum absolute atomic E-state index is 12.9. The zero-order valence-electron chi connectivity index (χ0n) is 14.8. The summed E-state index contributed by atoms with van der Waals surface area (Å²) in [6, 6.07) is 9.41. The van der Waals surface area contributed by atoms with E-state index in [0.29, 0.717) is 12.3 Å². The van der Waals surface area contributed by atoms with E-state index in [0.717, 1.165) is 51.0 Å². The normalized spacial score (nSPS) is 23.2. The van der Waals surface area contributed by atoms with Crippen LogP contribution in [0.2, 0.25) is 0 Å². The van der Waals surface area contributed by atoms with Crippen LogP contribution in [0.3, 0.4) is 0 Å². The first-order chi connectivity index (χ1) is 11.7. The molecule has 2 aliphatic heterocycles. The van der Waals surface area contributed by atoms with Crippen molar-refractivity contribution in [3.63, 3.8) is 0 Å². The molecule has 2 unspecified atom stereocenters. The van der Waals surface area contributed by atoms with Crippen LogP contribution in [0.5, 0.6) is 0 Å². The Hall–Kier alpha value is -1.59. The first-order valence-corrected chi connectivity index (χ1v) is 8.99. The highest BCUT2D eigenvalue weighted by atomic mass is 35.5. The molecular weight excluding hydrogens is 338 g/mol. The first kappa shape index (κ1) is 19.7. The number of rotatable bonds is 5. The van der Waals surface area contributed by atoms with E-state index in [4.69, 9.17) is 0 Å². The number of amides is 2. The van der Waals surface area contributed by atoms with Gasteiger partial charge in [0.2, 0.25) is 11.8 Å². The lowest BCUT2D eigenvalue weighted by Crippen LogP contribution is -2.53. The molecule has 2 atom stereocenters. The molecule has 6 heteroatoms. The number of nitrogens with one attached hydrogen (secondary N) is 1. The summed E-state index contributed by atoms with van der Waals surface area (Å²) in [4.78, 5) is 28.9. The van der Waals surface area contributed by atoms with Crippen molar-refractivity contribution in [2.75, 3.05) is 31.6 Å². The van der Waals surface area contributed by atoms with Crippen LogP contribution in [0, 0.1) is 5.92 Å². The van der Waals surface area contributed by atoms with Gasteiger partial charge in [0.1, 0.15) is 6.04 Å². The molecule has 138 valence electrons. The maximum atomic E-state index is 12.9. The Bertz CT molecular complexity index is 575. The topological polar surface area (TPSA) is 52.7 Å². The van der Waals surface area contributed by atoms with Crippen molar-refractivity contribution in [1.29, 1.82) is 0 Å². The van der Waals surface area contributed by atoms with Crippen LogP contribution < -0.4 is 10.2 Å². The second-order valence-corrected chi connectivity index (χ2v) is 6.89. The summed E-state index contributed by atoms with van der Waals surface area (Å²) in [5, 5.41) is 3.33. The Morgan fingerprint density at radius 3 is 2.72 bits per heavy atom. The van der Waals surface area contributed by atoms with E-state index >= 15 is 0 Å². The fourth-order valence-corrected chi connectivity index (χ4v) is 3.72. The van der Waals surface area contributed by atoms with Crippen LogP contribution in [-0.4, -0.2) is 49.4 Å². The van der Waals surface area contributed by atoms with Crippen LogP contribution in [-0.2, 0) is 9.59 Å². The third kappa shape index (κ3) is 4.73. The van der Waals surface area contributed by atoms with Gasteiger partial charge in [0, 0.05) is 25.7 Å². The highest BCUT2D eigenvalue weighted by Crippen LogP contribution is 2.24. The molecule has 2 fully saturated rings. The zero-order valence-corrected chi connectivity index (χ0v) is 15.6. The molecule has 0 aromatic heterocycles. The highest BCUT2D eigenvalue weighted by Gasteiger charge is 2.34. The smallest absolute Gasteiger partial charge is 0.249 e. The third-order valence-corrected chi connectivity index (χ3v) is 5.27. The molecule has 1 N–H and O–H groups in total. The molecule has 3 rings (SSSR count). The van der Waals surface area contributed by atoms with Crippen molar-refractivity contribution in [3.05, 3.63) is 30.3 Å². The Labute approximate surface area is 156 Å². The minimum atomic E-state index is -0.326. The van der Waals surface area contributed by atoms with Crippen LogP contribution in [0.4, 0.5) is 5.69 Å². The molecular formula is C19H28ClN3O2. The number of piperidine rings is 1. The predicted molar refractivity (Wildman–Crippen MR) is 102 cm³/mol. The Balaban J connectivity index is 0.00000225. The molecule has 25 heavy (non-hydrogen) atoms. The number of carbonyl (C=O) groups is 2. The highest BCUT2D eigenvalue weighted by molar-refractivity contribution is 5.99. The molecule has 2 heterocycles. The molecule has 1 aromatic rings. The van der Waals surface area contributed by atoms with Gasteiger partial charge in [-0.2, -0.15) is 0 Å². The van der Waals surface area contributed by atoms with E-state index < -0.39 is 0 Å². The average Bonchev–Trinajstić information content (AvgIpc) is 3.13. The third-order valence-electron chi connectivity index (χ3n) is 5.27. The molecule has 0 radical (unpaired) electrons. The number of halogens is 1. The molecule has 0 saturated carbocycles. The number of benzene rings is 1. The zero-order chi connectivity index (χ0) is 16.9. The molecule has 2 saturated heterocycles. The largest absolute Gasteiger partial charge is 0.334 e. The van der Waals surface area contributed by atoms with Crippen LogP contribution >= 0.6 is 12.4 Å². The molecule has 0 aliphatic carbocycles. The molecule has 0 bridgehead atoms. The van der Waals surface area contributed by atoms with E-state index in [1.165, 1.54) is 0 Å². The van der Waals surface area contributed by atoms with Gasteiger partial charge in [0.05, 0.1) is 0 Å². The lowest BCUT2D eigenvalue weighted by atomic mass is 9.99. The number of hydrogen-bond acceptors (Lipinski definition) is 3. The number of nitrogens with zero attached hydrogens (tertiary/aromatic N) is 2. The van der Waals surface area contributed by atoms with Crippen molar-refractivity contribution in [1.82, 2.24) is 10.2 Å². The summed E-state index contributed by atoms with van der Waals surface area (Å²) < 4.78 is 0. The van der Waals surface area contributed by atoms with Crippen LogP contribution in [0.1, 0.15) is 32.1 Å². The van der Waals surface area contributed by atoms with Gasteiger partial charge in [-0.05, 0) is 56.8 Å². The Kier molecular flexibility index (Phi) is 7.26. The van der Waals surface area contributed by atoms with E-state index in [1.807, 2.05) is 35.2 Å². The van der Waals surface area contributed by atoms with Gasteiger partial charge < -0.3 is 15.1 Å². The number of carbonyl (C=O) groups excluding carboxylic acids is 2. The summed E-state index contributed by atoms with van der Waals surface area (Å²) in [5.74, 6) is 0.742. The van der Waals surface area contributed by atoms with Gasteiger partial charge in [-0.1, -0.05) is 18.2 Å². The summed E-state index contributed by atoms with van der Waals surface area (Å²) in [7, 11) is 1.78. The number of para-hydroxylation sites is 1. The van der Waals surface area contributed by atoms with Gasteiger partial charge in [-0.3, -0.25) is 9.59 Å². The Morgan fingerprint density at radius 1 is 1.28 bits per heavy atom. The van der Waals surface area contributed by atoms with Gasteiger partial charge in [-0.15, -0.1) is 12.4 Å². The number of anilines is 1. The van der Waals surface area contributed by atoms with Crippen LogP contribution in [0.25, 0.3) is 0 Å². The summed E-state index contributed by atoms with van der Waals surface area (Å²) in [6.07, 6.45) is 4.30. The average molecular weight is 366 g/mol. The summed E-state index contributed by atoms with van der Waals surface area (Å²) in [6.45, 7) is 2.80. The van der Waals surface area contributed by atoms with Crippen molar-refractivity contribution in [2.45, 2.75) is 38.1 Å². The molecule has 0 spiro atoms. The van der Waals surface area contributed by atoms with E-state index in [9.17, 15) is 9.59 Å². The van der Waals surface area contributed by atoms with Crippen LogP contribution in [0.15, 0.2) is 30.3 Å². The second kappa shape index (κ2) is 9.20. The first-order valence-electron chi connectivity index (χ1n) is 8.99. The summed E-state index contributed by atoms with van der Waals surface area (Å²) in [5.41, 5.74) is 0.921. The van der Waals surface area contributed by atoms with Crippen molar-refractivity contribution >= 4 is 29.9 Å². The number of likely N-dealkylation sites (N-methyl/N-ethyl adjacent to an activating group) is 1. The van der Waals surface area contributed by atoms with Gasteiger partial charge in [-0.25, -0.2) is 0 Å². The van der Waals surface area contributed by atoms with Gasteiger partial charge in [0.15, 0.2) is 0 Å². The monoisotopic (exact) mass is 365 g/mol. The molecule has 5 nitrogen and oxygen atoms in total. The minimum absolute atomic E-state index is 0. The minimum Gasteiger partial charge on any atom is -0.334 e. The van der Waals surface area contributed by atoms with E-state index in [2.05, 4.69) is 5.32 Å². The quantitative estimate of drug-likeness (QED) is 0.872. The lowest BCUT2D eigenvalue weighted by molar-refractivity contribution is -0.139. The molecule has 2 amide bonds. The maximum Gasteiger partial charge on any atom is 0.249 e. The standard InChI is InChI=1S/C19H27N3O2.ClH/c1-21(18(23)10-9-15-11-12-20-14-15)17-8-5-13-22(19(17)24)16-6-3-2-4-7-16;/h2-4,6-7,15,17,20H,5,8-14H2,1H3;1H. The molecule has 2 aliphatic rings. The van der Waals surface area contributed by atoms with Crippen molar-refractivity contribution < 1.29 is 9.59 Å². The second-order valence-electron chi connectivity index (χ2n) is 6.89. The molecule has 1 aromatic carbocycles. The van der Waals surface area contributed by atoms with Gasteiger partial charge in [0.25, 0.3) is 0 Å². The van der Waals surface area contributed by atoms with E-state index in [1.54, 1.807) is 11.9 Å². The number of hydrogen-bond donors (Lipinski definition) is 1. The Morgan fingerprint density at radius 2 is 2.04 bits per heavy atom. The van der Waals surface area contributed by atoms with E-state index in [-0.39, 0.29) is 30.3 Å². The summed E-state index contributed by atoms with van der Waals surface area (Å²) >= 11 is 0. The fraction of sp³-hybridized carbons (Fsp3) is 0.579. The SMILES string of the molecule is CN(C(=O)CCC1CCNC1)C1CCCN(c2ccccc2)C1=O.Cl. The van der Waals surface area contributed by atoms with Crippen molar-refractivity contribution in [2.24, 2.45) is 5.92 Å².